The van der Waals surface area contributed by atoms with Crippen molar-refractivity contribution in [3.8, 4) is 12.1 Å². The second-order valence-electron chi connectivity index (χ2n) is 5.15. The Morgan fingerprint density at radius 1 is 1.30 bits per heavy atom. The predicted octanol–water partition coefficient (Wildman–Crippen LogP) is 4.43. The van der Waals surface area contributed by atoms with Crippen molar-refractivity contribution in [3.63, 3.8) is 0 Å². The lowest BCUT2D eigenvalue weighted by Crippen LogP contribution is -1.99. The molecule has 0 amide bonds. The molecular formula is C16H17N5S2. The monoisotopic (exact) mass is 343 g/mol. The Bertz CT molecular complexity index is 742. The lowest BCUT2D eigenvalue weighted by atomic mass is 10.1. The summed E-state index contributed by atoms with van der Waals surface area (Å²) in [6, 6.07) is 10.5. The average molecular weight is 343 g/mol. The zero-order valence-electron chi connectivity index (χ0n) is 13.0. The molecule has 118 valence electrons. The van der Waals surface area contributed by atoms with Gasteiger partial charge in [-0.1, -0.05) is 40.8 Å². The minimum absolute atomic E-state index is 0.126. The summed E-state index contributed by atoms with van der Waals surface area (Å²) in [5, 5.41) is 30.0. The molecule has 1 unspecified atom stereocenters. The third-order valence-corrected chi connectivity index (χ3v) is 5.36. The van der Waals surface area contributed by atoms with Crippen LogP contribution in [0.3, 0.4) is 0 Å². The molecule has 0 spiro atoms. The molecule has 2 aromatic rings. The van der Waals surface area contributed by atoms with Crippen LogP contribution in [0.4, 0.5) is 10.8 Å². The van der Waals surface area contributed by atoms with Crippen LogP contribution in [0.2, 0.25) is 0 Å². The van der Waals surface area contributed by atoms with Gasteiger partial charge in [-0.2, -0.15) is 10.5 Å². The van der Waals surface area contributed by atoms with Crippen LogP contribution >= 0.6 is 23.1 Å². The number of anilines is 2. The van der Waals surface area contributed by atoms with Crippen LogP contribution in [0, 0.1) is 42.4 Å². The summed E-state index contributed by atoms with van der Waals surface area (Å²) < 4.78 is 0.828. The molecule has 1 aromatic carbocycles. The maximum Gasteiger partial charge on any atom is 0.210 e. The number of benzene rings is 1. The molecule has 0 fully saturated rings. The lowest BCUT2D eigenvalue weighted by molar-refractivity contribution is 0.685. The van der Waals surface area contributed by atoms with Crippen molar-refractivity contribution in [3.05, 3.63) is 29.3 Å². The highest BCUT2D eigenvalue weighted by Gasteiger charge is 2.11. The summed E-state index contributed by atoms with van der Waals surface area (Å²) in [4.78, 5) is 0. The Labute approximate surface area is 144 Å². The van der Waals surface area contributed by atoms with Crippen LogP contribution in [0.15, 0.2) is 22.5 Å². The van der Waals surface area contributed by atoms with E-state index in [-0.39, 0.29) is 5.92 Å². The summed E-state index contributed by atoms with van der Waals surface area (Å²) in [5.41, 5.74) is 3.41. The number of aromatic nitrogens is 2. The van der Waals surface area contributed by atoms with Crippen LogP contribution < -0.4 is 5.32 Å². The summed E-state index contributed by atoms with van der Waals surface area (Å²) in [7, 11) is 0. The van der Waals surface area contributed by atoms with E-state index in [9.17, 15) is 0 Å². The molecule has 5 nitrogen and oxygen atoms in total. The topological polar surface area (TPSA) is 85.4 Å². The van der Waals surface area contributed by atoms with Crippen LogP contribution in [-0.2, 0) is 0 Å². The van der Waals surface area contributed by atoms with Gasteiger partial charge in [-0.25, -0.2) is 0 Å². The molecule has 0 saturated heterocycles. The number of nitriles is 2. The Kier molecular flexibility index (Phi) is 6.40. The van der Waals surface area contributed by atoms with Crippen molar-refractivity contribution >= 4 is 33.9 Å². The van der Waals surface area contributed by atoms with Crippen LogP contribution in [0.5, 0.6) is 0 Å². The SMILES string of the molecule is Cc1ccc(Nc2nnc(SCC(C#N)CCC#N)s2)c(C)c1. The van der Waals surface area contributed by atoms with Gasteiger partial charge in [-0.15, -0.1) is 10.2 Å². The molecular weight excluding hydrogens is 326 g/mol. The molecule has 0 radical (unpaired) electrons. The number of rotatable bonds is 7. The van der Waals surface area contributed by atoms with Crippen molar-refractivity contribution < 1.29 is 0 Å². The maximum atomic E-state index is 9.07. The van der Waals surface area contributed by atoms with Crippen LogP contribution in [0.1, 0.15) is 24.0 Å². The summed E-state index contributed by atoms with van der Waals surface area (Å²) in [6.07, 6.45) is 1.01. The first-order valence-electron chi connectivity index (χ1n) is 7.19. The fourth-order valence-electron chi connectivity index (χ4n) is 1.98. The Morgan fingerprint density at radius 2 is 2.13 bits per heavy atom. The fourth-order valence-corrected chi connectivity index (χ4v) is 3.83. The molecule has 0 aliphatic carbocycles. The van der Waals surface area contributed by atoms with Crippen LogP contribution in [0.25, 0.3) is 0 Å². The van der Waals surface area contributed by atoms with E-state index in [0.29, 0.717) is 18.6 Å². The maximum absolute atomic E-state index is 9.07. The van der Waals surface area contributed by atoms with Gasteiger partial charge in [0.05, 0.1) is 18.1 Å². The minimum Gasteiger partial charge on any atom is -0.330 e. The third kappa shape index (κ3) is 5.24. The smallest absolute Gasteiger partial charge is 0.210 e. The molecule has 7 heteroatoms. The van der Waals surface area contributed by atoms with E-state index in [1.807, 2.05) is 6.07 Å². The Balaban J connectivity index is 1.93. The van der Waals surface area contributed by atoms with E-state index in [1.54, 1.807) is 0 Å². The summed E-state index contributed by atoms with van der Waals surface area (Å²) in [6.45, 7) is 4.12. The van der Waals surface area contributed by atoms with Crippen molar-refractivity contribution in [1.82, 2.24) is 10.2 Å². The van der Waals surface area contributed by atoms with Crippen LogP contribution in [-0.4, -0.2) is 16.0 Å². The van der Waals surface area contributed by atoms with Crippen molar-refractivity contribution in [1.29, 1.82) is 10.5 Å². The number of hydrogen-bond donors (Lipinski definition) is 1. The Morgan fingerprint density at radius 3 is 2.83 bits per heavy atom. The van der Waals surface area contributed by atoms with Gasteiger partial charge in [0.15, 0.2) is 4.34 Å². The van der Waals surface area contributed by atoms with E-state index in [2.05, 4.69) is 53.6 Å². The van der Waals surface area contributed by atoms with Crippen molar-refractivity contribution in [2.75, 3.05) is 11.1 Å². The van der Waals surface area contributed by atoms with Gasteiger partial charge >= 0.3 is 0 Å². The van der Waals surface area contributed by atoms with E-state index < -0.39 is 0 Å². The number of nitrogens with zero attached hydrogens (tertiary/aromatic N) is 4. The van der Waals surface area contributed by atoms with Gasteiger partial charge < -0.3 is 5.32 Å². The zero-order chi connectivity index (χ0) is 16.7. The molecule has 1 heterocycles. The molecule has 0 saturated carbocycles. The number of nitrogens with one attached hydrogen (secondary N) is 1. The van der Waals surface area contributed by atoms with E-state index >= 15 is 0 Å². The highest BCUT2D eigenvalue weighted by molar-refractivity contribution is 8.01. The van der Waals surface area contributed by atoms with E-state index in [0.717, 1.165) is 20.7 Å². The van der Waals surface area contributed by atoms with Gasteiger partial charge in [0.1, 0.15) is 0 Å². The Hall–Kier alpha value is -2.09. The molecule has 0 aliphatic heterocycles. The van der Waals surface area contributed by atoms with Crippen molar-refractivity contribution in [2.45, 2.75) is 31.0 Å². The molecule has 1 aromatic heterocycles. The normalized spacial score (nSPS) is 11.5. The first-order chi connectivity index (χ1) is 11.1. The standard InChI is InChI=1S/C16H17N5S2/c1-11-5-6-14(12(2)8-11)19-15-20-21-16(23-15)22-10-13(9-18)4-3-7-17/h5-6,8,13H,3-4,10H2,1-2H3,(H,19,20). The quantitative estimate of drug-likeness (QED) is 0.748. The van der Waals surface area contributed by atoms with Gasteiger partial charge in [-0.3, -0.25) is 0 Å². The van der Waals surface area contributed by atoms with E-state index in [4.69, 9.17) is 10.5 Å². The molecule has 1 atom stereocenters. The predicted molar refractivity (Wildman–Crippen MR) is 93.8 cm³/mol. The van der Waals surface area contributed by atoms with Crippen molar-refractivity contribution in [2.24, 2.45) is 5.92 Å². The number of hydrogen-bond acceptors (Lipinski definition) is 7. The highest BCUT2D eigenvalue weighted by Crippen LogP contribution is 2.30. The van der Waals surface area contributed by atoms with Gasteiger partial charge in [0.2, 0.25) is 5.13 Å². The molecule has 0 aliphatic rings. The van der Waals surface area contributed by atoms with E-state index in [1.165, 1.54) is 28.7 Å². The van der Waals surface area contributed by atoms with Gasteiger partial charge in [0.25, 0.3) is 0 Å². The van der Waals surface area contributed by atoms with Gasteiger partial charge in [0, 0.05) is 17.9 Å². The summed E-state index contributed by atoms with van der Waals surface area (Å²) in [5.74, 6) is 0.510. The summed E-state index contributed by atoms with van der Waals surface area (Å²) >= 11 is 2.99. The molecule has 2 rings (SSSR count). The number of aryl methyl sites for hydroxylation is 2. The largest absolute Gasteiger partial charge is 0.330 e. The number of thioether (sulfide) groups is 1. The average Bonchev–Trinajstić information content (AvgIpc) is 2.98. The first kappa shape index (κ1) is 17.3. The molecule has 0 bridgehead atoms. The molecule has 23 heavy (non-hydrogen) atoms. The van der Waals surface area contributed by atoms with Gasteiger partial charge in [-0.05, 0) is 31.9 Å². The minimum atomic E-state index is -0.126. The lowest BCUT2D eigenvalue weighted by Gasteiger charge is -2.06. The zero-order valence-corrected chi connectivity index (χ0v) is 14.7. The highest BCUT2D eigenvalue weighted by atomic mass is 32.2. The second-order valence-corrected chi connectivity index (χ2v) is 7.39. The molecule has 1 N–H and O–H groups in total. The second kappa shape index (κ2) is 8.52. The third-order valence-electron chi connectivity index (χ3n) is 3.23. The first-order valence-corrected chi connectivity index (χ1v) is 8.99. The fraction of sp³-hybridized carbons (Fsp3) is 0.375.